The van der Waals surface area contributed by atoms with E-state index in [9.17, 15) is 4.79 Å². The zero-order valence-corrected chi connectivity index (χ0v) is 12.3. The van der Waals surface area contributed by atoms with E-state index in [4.69, 9.17) is 5.73 Å². The summed E-state index contributed by atoms with van der Waals surface area (Å²) in [6.45, 7) is 0.988. The molecule has 0 saturated heterocycles. The molecule has 1 saturated carbocycles. The quantitative estimate of drug-likeness (QED) is 0.867. The van der Waals surface area contributed by atoms with E-state index < -0.39 is 0 Å². The van der Waals surface area contributed by atoms with Gasteiger partial charge in [0.25, 0.3) is 0 Å². The largest absolute Gasteiger partial charge is 0.326 e. The lowest BCUT2D eigenvalue weighted by Crippen LogP contribution is -2.39. The smallest absolute Gasteiger partial charge is 0.238 e. The second kappa shape index (κ2) is 7.41. The first-order valence-electron chi connectivity index (χ1n) is 7.48. The van der Waals surface area contributed by atoms with Crippen LogP contribution < -0.4 is 11.1 Å². The van der Waals surface area contributed by atoms with Crippen molar-refractivity contribution in [1.29, 1.82) is 0 Å². The van der Waals surface area contributed by atoms with Gasteiger partial charge in [-0.2, -0.15) is 0 Å². The number of carbonyl (C=O) groups excluding carboxylic acids is 1. The highest BCUT2D eigenvalue weighted by Crippen LogP contribution is 2.21. The van der Waals surface area contributed by atoms with E-state index in [1.165, 1.54) is 32.1 Å². The first kappa shape index (κ1) is 15.0. The van der Waals surface area contributed by atoms with Crippen LogP contribution >= 0.6 is 0 Å². The molecule has 3 N–H and O–H groups in total. The van der Waals surface area contributed by atoms with Crippen molar-refractivity contribution in [1.82, 2.24) is 4.90 Å². The van der Waals surface area contributed by atoms with E-state index in [2.05, 4.69) is 10.2 Å². The Morgan fingerprint density at radius 3 is 2.50 bits per heavy atom. The van der Waals surface area contributed by atoms with Crippen LogP contribution in [-0.4, -0.2) is 30.4 Å². The van der Waals surface area contributed by atoms with Gasteiger partial charge in [0, 0.05) is 18.3 Å². The van der Waals surface area contributed by atoms with E-state index >= 15 is 0 Å². The Kier molecular flexibility index (Phi) is 5.56. The second-order valence-electron chi connectivity index (χ2n) is 5.66. The number of hydrogen-bond donors (Lipinski definition) is 2. The Balaban J connectivity index is 1.81. The number of anilines is 1. The van der Waals surface area contributed by atoms with Gasteiger partial charge in [-0.1, -0.05) is 31.4 Å². The van der Waals surface area contributed by atoms with Gasteiger partial charge in [0.2, 0.25) is 5.91 Å². The van der Waals surface area contributed by atoms with Crippen LogP contribution in [-0.2, 0) is 11.3 Å². The number of likely N-dealkylation sites (N-methyl/N-ethyl adjacent to an activating group) is 1. The number of nitrogens with zero attached hydrogens (tertiary/aromatic N) is 1. The molecule has 4 heteroatoms. The molecule has 1 amide bonds. The van der Waals surface area contributed by atoms with E-state index in [-0.39, 0.29) is 5.91 Å². The average molecular weight is 275 g/mol. The summed E-state index contributed by atoms with van der Waals surface area (Å²) in [5, 5.41) is 2.94. The minimum absolute atomic E-state index is 0.0542. The molecule has 1 aromatic carbocycles. The van der Waals surface area contributed by atoms with Crippen molar-refractivity contribution in [3.63, 3.8) is 0 Å². The van der Waals surface area contributed by atoms with Gasteiger partial charge in [0.1, 0.15) is 0 Å². The van der Waals surface area contributed by atoms with Crippen LogP contribution in [0.1, 0.15) is 37.7 Å². The summed E-state index contributed by atoms with van der Waals surface area (Å²) in [7, 11) is 2.05. The van der Waals surface area contributed by atoms with Crippen molar-refractivity contribution < 1.29 is 4.79 Å². The molecule has 0 spiro atoms. The zero-order chi connectivity index (χ0) is 14.4. The molecule has 1 aliphatic rings. The number of hydrogen-bond acceptors (Lipinski definition) is 3. The van der Waals surface area contributed by atoms with Crippen molar-refractivity contribution in [2.24, 2.45) is 5.73 Å². The summed E-state index contributed by atoms with van der Waals surface area (Å²) in [5.41, 5.74) is 7.46. The van der Waals surface area contributed by atoms with Gasteiger partial charge in [-0.3, -0.25) is 9.69 Å². The normalized spacial score (nSPS) is 16.4. The van der Waals surface area contributed by atoms with Gasteiger partial charge in [0.05, 0.1) is 6.54 Å². The highest BCUT2D eigenvalue weighted by atomic mass is 16.2. The predicted octanol–water partition coefficient (Wildman–Crippen LogP) is 2.35. The van der Waals surface area contributed by atoms with Crippen LogP contribution in [0, 0.1) is 0 Å². The number of nitrogens with two attached hydrogens (primary N) is 1. The minimum Gasteiger partial charge on any atom is -0.326 e. The van der Waals surface area contributed by atoms with E-state index in [0.717, 1.165) is 11.3 Å². The number of amides is 1. The van der Waals surface area contributed by atoms with Gasteiger partial charge < -0.3 is 11.1 Å². The highest BCUT2D eigenvalue weighted by molar-refractivity contribution is 5.92. The van der Waals surface area contributed by atoms with E-state index in [1.54, 1.807) is 0 Å². The number of benzene rings is 1. The molecule has 1 fully saturated rings. The van der Waals surface area contributed by atoms with Crippen LogP contribution in [0.4, 0.5) is 5.69 Å². The molecule has 1 aromatic rings. The maximum atomic E-state index is 12.0. The van der Waals surface area contributed by atoms with Crippen molar-refractivity contribution >= 4 is 11.6 Å². The molecule has 0 unspecified atom stereocenters. The molecule has 20 heavy (non-hydrogen) atoms. The molecular formula is C16H25N3O. The topological polar surface area (TPSA) is 58.4 Å². The van der Waals surface area contributed by atoms with Crippen molar-refractivity contribution in [3.05, 3.63) is 29.8 Å². The Labute approximate surface area is 121 Å². The summed E-state index contributed by atoms with van der Waals surface area (Å²) in [5.74, 6) is 0.0542. The Hall–Kier alpha value is -1.39. The lowest BCUT2D eigenvalue weighted by atomic mass is 9.94. The van der Waals surface area contributed by atoms with Crippen LogP contribution in [0.15, 0.2) is 24.3 Å². The summed E-state index contributed by atoms with van der Waals surface area (Å²) >= 11 is 0. The Morgan fingerprint density at radius 1 is 1.25 bits per heavy atom. The fraction of sp³-hybridized carbons (Fsp3) is 0.562. The predicted molar refractivity (Wildman–Crippen MR) is 82.5 cm³/mol. The molecule has 2 rings (SSSR count). The summed E-state index contributed by atoms with van der Waals surface area (Å²) in [6, 6.07) is 8.26. The van der Waals surface area contributed by atoms with E-state index in [1.807, 2.05) is 31.3 Å². The van der Waals surface area contributed by atoms with Crippen molar-refractivity contribution in [2.45, 2.75) is 44.7 Å². The molecule has 0 radical (unpaired) electrons. The van der Waals surface area contributed by atoms with Crippen LogP contribution in [0.2, 0.25) is 0 Å². The van der Waals surface area contributed by atoms with Crippen LogP contribution in [0.3, 0.4) is 0 Å². The van der Waals surface area contributed by atoms with Crippen molar-refractivity contribution in [2.75, 3.05) is 18.9 Å². The molecule has 4 nitrogen and oxygen atoms in total. The maximum absolute atomic E-state index is 12.0. The second-order valence-corrected chi connectivity index (χ2v) is 5.66. The fourth-order valence-electron chi connectivity index (χ4n) is 2.80. The third-order valence-electron chi connectivity index (χ3n) is 4.06. The average Bonchev–Trinajstić information content (AvgIpc) is 2.49. The molecular weight excluding hydrogens is 250 g/mol. The van der Waals surface area contributed by atoms with Crippen molar-refractivity contribution in [3.8, 4) is 0 Å². The Morgan fingerprint density at radius 2 is 1.90 bits per heavy atom. The minimum atomic E-state index is 0.0542. The van der Waals surface area contributed by atoms with E-state index in [0.29, 0.717) is 19.1 Å². The first-order valence-corrected chi connectivity index (χ1v) is 7.48. The third-order valence-corrected chi connectivity index (χ3v) is 4.06. The molecule has 0 bridgehead atoms. The Bertz CT molecular complexity index is 424. The lowest BCUT2D eigenvalue weighted by Gasteiger charge is -2.30. The SMILES string of the molecule is CN(CC(=O)Nc1ccc(CN)cc1)C1CCCCC1. The lowest BCUT2D eigenvalue weighted by molar-refractivity contribution is -0.117. The van der Waals surface area contributed by atoms with Gasteiger partial charge in [-0.15, -0.1) is 0 Å². The standard InChI is InChI=1S/C16H25N3O/c1-19(15-5-3-2-4-6-15)12-16(20)18-14-9-7-13(11-17)8-10-14/h7-10,15H,2-6,11-12,17H2,1H3,(H,18,20). The number of nitrogens with one attached hydrogen (secondary N) is 1. The molecule has 0 heterocycles. The molecule has 110 valence electrons. The number of carbonyl (C=O) groups is 1. The third kappa shape index (κ3) is 4.32. The van der Waals surface area contributed by atoms with Crippen LogP contribution in [0.5, 0.6) is 0 Å². The fourth-order valence-corrected chi connectivity index (χ4v) is 2.80. The van der Waals surface area contributed by atoms with Gasteiger partial charge in [0.15, 0.2) is 0 Å². The summed E-state index contributed by atoms with van der Waals surface area (Å²) in [4.78, 5) is 14.2. The van der Waals surface area contributed by atoms with Crippen LogP contribution in [0.25, 0.3) is 0 Å². The van der Waals surface area contributed by atoms with Gasteiger partial charge >= 0.3 is 0 Å². The maximum Gasteiger partial charge on any atom is 0.238 e. The molecule has 0 aromatic heterocycles. The van der Waals surface area contributed by atoms with Gasteiger partial charge in [-0.25, -0.2) is 0 Å². The highest BCUT2D eigenvalue weighted by Gasteiger charge is 2.19. The summed E-state index contributed by atoms with van der Waals surface area (Å²) < 4.78 is 0. The monoisotopic (exact) mass is 275 g/mol. The molecule has 1 aliphatic carbocycles. The zero-order valence-electron chi connectivity index (χ0n) is 12.3. The number of rotatable bonds is 5. The summed E-state index contributed by atoms with van der Waals surface area (Å²) in [6.07, 6.45) is 6.35. The first-order chi connectivity index (χ1) is 9.69. The molecule has 0 aliphatic heterocycles. The molecule has 0 atom stereocenters. The van der Waals surface area contributed by atoms with Gasteiger partial charge in [-0.05, 0) is 37.6 Å².